The molecule has 24 heavy (non-hydrogen) atoms. The van der Waals surface area contributed by atoms with Crippen LogP contribution in [0.1, 0.15) is 6.42 Å². The second-order valence-corrected chi connectivity index (χ2v) is 6.41. The zero-order valence-corrected chi connectivity index (χ0v) is 17.4. The Kier molecular flexibility index (Phi) is 13.9. The van der Waals surface area contributed by atoms with Gasteiger partial charge in [0.25, 0.3) is 10.4 Å². The number of allylic oxidation sites excluding steroid dienone is 1. The first-order valence-electron chi connectivity index (χ1n) is 5.99. The van der Waals surface area contributed by atoms with Gasteiger partial charge in [0.15, 0.2) is 0 Å². The first-order valence-corrected chi connectivity index (χ1v) is 8.20. The SMILES string of the molecule is C=CC/C(=N\OS(=O)(=O)[O-])SC1OC(CO)C(O)C(O)C1O.O.[K+]. The minimum absolute atomic E-state index is 0. The van der Waals surface area contributed by atoms with E-state index in [2.05, 4.69) is 16.0 Å². The van der Waals surface area contributed by atoms with Gasteiger partial charge in [-0.2, -0.15) is 8.42 Å². The molecule has 1 rings (SSSR count). The summed E-state index contributed by atoms with van der Waals surface area (Å²) < 4.78 is 40.1. The third-order valence-corrected chi connectivity index (χ3v) is 4.04. The third-order valence-electron chi connectivity index (χ3n) is 2.65. The molecule has 1 fully saturated rings. The molecule has 1 aliphatic heterocycles. The maximum absolute atomic E-state index is 10.4. The van der Waals surface area contributed by atoms with Crippen LogP contribution < -0.4 is 51.4 Å². The van der Waals surface area contributed by atoms with Crippen molar-refractivity contribution in [3.05, 3.63) is 12.7 Å². The van der Waals surface area contributed by atoms with Gasteiger partial charge in [0.1, 0.15) is 34.9 Å². The smallest absolute Gasteiger partial charge is 0.714 e. The Morgan fingerprint density at radius 1 is 1.33 bits per heavy atom. The summed E-state index contributed by atoms with van der Waals surface area (Å²) in [6.45, 7) is 2.80. The number of aliphatic hydroxyl groups excluding tert-OH is 4. The van der Waals surface area contributed by atoms with Crippen molar-refractivity contribution in [2.24, 2.45) is 5.16 Å². The number of rotatable bonds is 6. The summed E-state index contributed by atoms with van der Waals surface area (Å²) in [5.41, 5.74) is -1.17. The molecule has 1 aliphatic rings. The minimum atomic E-state index is -5.04. The van der Waals surface area contributed by atoms with E-state index in [9.17, 15) is 28.3 Å². The fourth-order valence-electron chi connectivity index (χ4n) is 1.62. The number of aliphatic hydroxyl groups is 4. The maximum atomic E-state index is 10.4. The van der Waals surface area contributed by atoms with Gasteiger partial charge in [-0.25, -0.2) is 0 Å². The van der Waals surface area contributed by atoms with Crippen molar-refractivity contribution in [2.45, 2.75) is 36.3 Å². The molecule has 0 aromatic heterocycles. The van der Waals surface area contributed by atoms with Gasteiger partial charge < -0.3 is 35.2 Å². The van der Waals surface area contributed by atoms with Crippen molar-refractivity contribution >= 4 is 27.2 Å². The van der Waals surface area contributed by atoms with Crippen LogP contribution >= 0.6 is 11.8 Å². The van der Waals surface area contributed by atoms with E-state index in [1.165, 1.54) is 6.08 Å². The van der Waals surface area contributed by atoms with Crippen molar-refractivity contribution < 1.29 is 99.3 Å². The molecular formula is C10H18KNO10S2. The molecule has 5 atom stereocenters. The third kappa shape index (κ3) is 8.50. The van der Waals surface area contributed by atoms with E-state index < -0.39 is 46.9 Å². The molecule has 0 aromatic rings. The van der Waals surface area contributed by atoms with E-state index in [0.29, 0.717) is 11.8 Å². The Hall–Kier alpha value is 0.866. The Morgan fingerprint density at radius 3 is 2.38 bits per heavy atom. The van der Waals surface area contributed by atoms with Gasteiger partial charge >= 0.3 is 51.4 Å². The zero-order valence-electron chi connectivity index (χ0n) is 12.7. The number of hydrogen-bond donors (Lipinski definition) is 4. The van der Waals surface area contributed by atoms with Crippen LogP contribution in [-0.2, 0) is 19.4 Å². The average Bonchev–Trinajstić information content (AvgIpc) is 2.44. The fourth-order valence-corrected chi connectivity index (χ4v) is 2.91. The molecule has 0 spiro atoms. The molecule has 0 saturated carbocycles. The normalized spacial score (nSPS) is 30.7. The van der Waals surface area contributed by atoms with Crippen LogP contribution in [0.2, 0.25) is 0 Å². The maximum Gasteiger partial charge on any atom is 1.00 e. The number of ether oxygens (including phenoxy) is 1. The van der Waals surface area contributed by atoms with Gasteiger partial charge in [-0.05, 0) is 0 Å². The van der Waals surface area contributed by atoms with Crippen LogP contribution in [0.4, 0.5) is 0 Å². The number of thioether (sulfide) groups is 1. The summed E-state index contributed by atoms with van der Waals surface area (Å²) in [5.74, 6) is 0. The Bertz CT molecular complexity index is 514. The predicted octanol–water partition coefficient (Wildman–Crippen LogP) is -5.93. The van der Waals surface area contributed by atoms with Crippen LogP contribution in [0.5, 0.6) is 0 Å². The van der Waals surface area contributed by atoms with Crippen molar-refractivity contribution in [3.8, 4) is 0 Å². The van der Waals surface area contributed by atoms with E-state index in [1.807, 2.05) is 0 Å². The van der Waals surface area contributed by atoms with E-state index in [4.69, 9.17) is 9.84 Å². The summed E-state index contributed by atoms with van der Waals surface area (Å²) in [4.78, 5) is 0. The van der Waals surface area contributed by atoms with Crippen LogP contribution in [0.3, 0.4) is 0 Å². The van der Waals surface area contributed by atoms with Crippen LogP contribution in [-0.4, -0.2) is 80.4 Å². The van der Waals surface area contributed by atoms with E-state index in [1.54, 1.807) is 0 Å². The van der Waals surface area contributed by atoms with Gasteiger partial charge in [-0.1, -0.05) is 23.0 Å². The largest absolute Gasteiger partial charge is 1.00 e. The topological polar surface area (TPSA) is 200 Å². The minimum Gasteiger partial charge on any atom is -0.714 e. The number of oxime groups is 1. The Morgan fingerprint density at radius 2 is 1.92 bits per heavy atom. The Labute approximate surface area is 185 Å². The van der Waals surface area contributed by atoms with Crippen LogP contribution in [0, 0.1) is 0 Å². The summed E-state index contributed by atoms with van der Waals surface area (Å²) in [6.07, 6.45) is -4.44. The van der Waals surface area contributed by atoms with Crippen molar-refractivity contribution in [2.75, 3.05) is 6.61 Å². The molecular weight excluding hydrogens is 397 g/mol. The molecule has 0 bridgehead atoms. The van der Waals surface area contributed by atoms with Gasteiger partial charge in [0.05, 0.1) is 6.61 Å². The molecule has 11 nitrogen and oxygen atoms in total. The molecule has 0 radical (unpaired) electrons. The van der Waals surface area contributed by atoms with E-state index in [-0.39, 0.29) is 68.3 Å². The summed E-state index contributed by atoms with van der Waals surface area (Å²) in [5, 5.41) is 41.2. The molecule has 5 unspecified atom stereocenters. The quantitative estimate of drug-likeness (QED) is 0.0615. The molecule has 14 heteroatoms. The van der Waals surface area contributed by atoms with Crippen molar-refractivity contribution in [1.82, 2.24) is 0 Å². The standard InChI is InChI=1S/C10H17NO9S2.K.H2O/c1-2-3-6(11-20-22(16,17)18)21-10-9(15)8(14)7(13)5(4-12)19-10;;/h2,5,7-10,12-15H,1,3-4H2,(H,16,17,18);;1H2/q;+1;/p-1/b11-6+;;. The summed E-state index contributed by atoms with van der Waals surface area (Å²) >= 11 is 0.660. The van der Waals surface area contributed by atoms with Gasteiger partial charge in [0, 0.05) is 6.42 Å². The van der Waals surface area contributed by atoms with Crippen molar-refractivity contribution in [3.63, 3.8) is 0 Å². The van der Waals surface area contributed by atoms with Gasteiger partial charge in [-0.15, -0.1) is 6.58 Å². The monoisotopic (exact) mass is 415 g/mol. The molecule has 1 saturated heterocycles. The molecule has 0 aromatic carbocycles. The van der Waals surface area contributed by atoms with E-state index >= 15 is 0 Å². The number of nitrogens with zero attached hydrogens (tertiary/aromatic N) is 1. The molecule has 0 amide bonds. The number of hydrogen-bond acceptors (Lipinski definition) is 11. The predicted molar refractivity (Wildman–Crippen MR) is 78.0 cm³/mol. The van der Waals surface area contributed by atoms with Crippen molar-refractivity contribution in [1.29, 1.82) is 0 Å². The molecule has 0 aliphatic carbocycles. The van der Waals surface area contributed by atoms with Crippen LogP contribution in [0.25, 0.3) is 0 Å². The zero-order chi connectivity index (χ0) is 16.9. The molecule has 6 N–H and O–H groups in total. The van der Waals surface area contributed by atoms with Crippen LogP contribution in [0.15, 0.2) is 17.8 Å². The van der Waals surface area contributed by atoms with Gasteiger partial charge in [0.2, 0.25) is 0 Å². The first kappa shape index (κ1) is 27.1. The summed E-state index contributed by atoms with van der Waals surface area (Å²) in [7, 11) is -5.04. The second kappa shape index (κ2) is 12.3. The first-order chi connectivity index (χ1) is 10.2. The average molecular weight is 415 g/mol. The molecule has 136 valence electrons. The second-order valence-electron chi connectivity index (χ2n) is 4.28. The molecule has 1 heterocycles. The van der Waals surface area contributed by atoms with Gasteiger partial charge in [-0.3, -0.25) is 4.28 Å². The Balaban J connectivity index is 0. The van der Waals surface area contributed by atoms with E-state index in [0.717, 1.165) is 0 Å². The fraction of sp³-hybridized carbons (Fsp3) is 0.700. The summed E-state index contributed by atoms with van der Waals surface area (Å²) in [6, 6.07) is 0.